The number of fused-ring (bicyclic) bond motifs is 1. The normalized spacial score (nSPS) is 12.8. The number of rotatable bonds is 4. The second-order valence-corrected chi connectivity index (χ2v) is 8.14. The van der Waals surface area contributed by atoms with Crippen molar-refractivity contribution in [1.29, 1.82) is 5.26 Å². The molecule has 2 aromatic rings. The lowest BCUT2D eigenvalue weighted by Gasteiger charge is -2.12. The van der Waals surface area contributed by atoms with Gasteiger partial charge in [-0.25, -0.2) is 0 Å². The number of nitrogens with one attached hydrogen (secondary N) is 2. The highest BCUT2D eigenvalue weighted by Gasteiger charge is 2.21. The Labute approximate surface area is 168 Å². The lowest BCUT2D eigenvalue weighted by molar-refractivity contribution is 0.0977. The van der Waals surface area contributed by atoms with Crippen molar-refractivity contribution in [3.05, 3.63) is 45.8 Å². The molecular formula is C20H21N3O2S2. The lowest BCUT2D eigenvalue weighted by Crippen LogP contribution is -2.34. The fourth-order valence-corrected chi connectivity index (χ4v) is 4.57. The number of hydrogen-bond donors (Lipinski definition) is 2. The van der Waals surface area contributed by atoms with Gasteiger partial charge >= 0.3 is 0 Å². The minimum absolute atomic E-state index is 0.0281. The standard InChI is InChI=1S/C20H21N3O2S2/c1-12(2)25-14-7-5-6-13(10-14)18(24)22-20(26)23-19-16(11-21)15-8-3-4-9-17(15)27-19/h5-7,10,12H,3-4,8-9H2,1-2H3,(H2,22,23,24,26). The molecule has 2 N–H and O–H groups in total. The topological polar surface area (TPSA) is 74.2 Å². The number of aryl methyl sites for hydroxylation is 1. The van der Waals surface area contributed by atoms with E-state index in [0.29, 0.717) is 21.9 Å². The van der Waals surface area contributed by atoms with Crippen LogP contribution >= 0.6 is 23.6 Å². The van der Waals surface area contributed by atoms with Crippen molar-refractivity contribution < 1.29 is 9.53 Å². The van der Waals surface area contributed by atoms with E-state index in [1.165, 1.54) is 4.88 Å². The van der Waals surface area contributed by atoms with Crippen molar-refractivity contribution in [2.24, 2.45) is 0 Å². The Morgan fingerprint density at radius 3 is 2.85 bits per heavy atom. The first-order valence-electron chi connectivity index (χ1n) is 8.91. The van der Waals surface area contributed by atoms with Crippen LogP contribution in [0, 0.1) is 11.3 Å². The van der Waals surface area contributed by atoms with Crippen LogP contribution in [0.15, 0.2) is 24.3 Å². The Kier molecular flexibility index (Phi) is 6.09. The van der Waals surface area contributed by atoms with Crippen LogP contribution in [0.4, 0.5) is 5.00 Å². The first-order chi connectivity index (χ1) is 13.0. The summed E-state index contributed by atoms with van der Waals surface area (Å²) in [5.74, 6) is 0.316. The number of amides is 1. The van der Waals surface area contributed by atoms with Crippen LogP contribution in [0.2, 0.25) is 0 Å². The molecule has 0 fully saturated rings. The Morgan fingerprint density at radius 1 is 1.33 bits per heavy atom. The average molecular weight is 400 g/mol. The zero-order chi connectivity index (χ0) is 19.4. The largest absolute Gasteiger partial charge is 0.491 e. The Balaban J connectivity index is 1.69. The number of hydrogen-bond acceptors (Lipinski definition) is 5. The van der Waals surface area contributed by atoms with E-state index >= 15 is 0 Å². The van der Waals surface area contributed by atoms with Crippen LogP contribution in [-0.4, -0.2) is 17.1 Å². The molecule has 3 rings (SSSR count). The number of carbonyl (C=O) groups is 1. The van der Waals surface area contributed by atoms with Crippen LogP contribution in [0.1, 0.15) is 53.1 Å². The van der Waals surface area contributed by atoms with Gasteiger partial charge in [0.15, 0.2) is 5.11 Å². The van der Waals surface area contributed by atoms with Crippen LogP contribution in [0.3, 0.4) is 0 Å². The van der Waals surface area contributed by atoms with Crippen LogP contribution in [-0.2, 0) is 12.8 Å². The van der Waals surface area contributed by atoms with Gasteiger partial charge in [0.25, 0.3) is 5.91 Å². The molecular weight excluding hydrogens is 378 g/mol. The van der Waals surface area contributed by atoms with Crippen molar-refractivity contribution in [3.63, 3.8) is 0 Å². The molecule has 0 spiro atoms. The smallest absolute Gasteiger partial charge is 0.257 e. The van der Waals surface area contributed by atoms with Crippen LogP contribution in [0.5, 0.6) is 5.75 Å². The minimum atomic E-state index is -0.318. The highest BCUT2D eigenvalue weighted by Crippen LogP contribution is 2.37. The third-order valence-corrected chi connectivity index (χ3v) is 5.62. The van der Waals surface area contributed by atoms with Crippen LogP contribution in [0.25, 0.3) is 0 Å². The monoisotopic (exact) mass is 399 g/mol. The molecule has 140 valence electrons. The first kappa shape index (κ1) is 19.3. The molecule has 1 aromatic heterocycles. The summed E-state index contributed by atoms with van der Waals surface area (Å²) in [6, 6.07) is 9.24. The quantitative estimate of drug-likeness (QED) is 0.745. The van der Waals surface area contributed by atoms with E-state index in [-0.39, 0.29) is 17.1 Å². The van der Waals surface area contributed by atoms with E-state index in [2.05, 4.69) is 16.7 Å². The summed E-state index contributed by atoms with van der Waals surface area (Å²) < 4.78 is 5.62. The third-order valence-electron chi connectivity index (χ3n) is 4.21. The van der Waals surface area contributed by atoms with Gasteiger partial charge in [0.1, 0.15) is 16.8 Å². The number of benzene rings is 1. The molecule has 27 heavy (non-hydrogen) atoms. The number of anilines is 1. The fraction of sp³-hybridized carbons (Fsp3) is 0.350. The van der Waals surface area contributed by atoms with E-state index in [4.69, 9.17) is 17.0 Å². The minimum Gasteiger partial charge on any atom is -0.491 e. The molecule has 0 unspecified atom stereocenters. The second kappa shape index (κ2) is 8.51. The van der Waals surface area contributed by atoms with E-state index in [9.17, 15) is 10.1 Å². The van der Waals surface area contributed by atoms with Gasteiger partial charge in [-0.2, -0.15) is 5.26 Å². The molecule has 7 heteroatoms. The van der Waals surface area contributed by atoms with Gasteiger partial charge in [-0.1, -0.05) is 6.07 Å². The second-order valence-electron chi connectivity index (χ2n) is 6.63. The van der Waals surface area contributed by atoms with E-state index < -0.39 is 0 Å². The van der Waals surface area contributed by atoms with Crippen molar-refractivity contribution in [1.82, 2.24) is 5.32 Å². The molecule has 0 bridgehead atoms. The molecule has 1 aliphatic rings. The number of thiocarbonyl (C=S) groups is 1. The van der Waals surface area contributed by atoms with Gasteiger partial charge in [-0.15, -0.1) is 11.3 Å². The predicted molar refractivity (Wildman–Crippen MR) is 112 cm³/mol. The summed E-state index contributed by atoms with van der Waals surface area (Å²) in [6.45, 7) is 3.86. The number of thiophene rings is 1. The number of ether oxygens (including phenoxy) is 1. The average Bonchev–Trinajstić information content (AvgIpc) is 2.98. The van der Waals surface area contributed by atoms with Gasteiger partial charge in [0.05, 0.1) is 11.7 Å². The van der Waals surface area contributed by atoms with Gasteiger partial charge in [0, 0.05) is 10.4 Å². The zero-order valence-corrected chi connectivity index (χ0v) is 16.9. The molecule has 5 nitrogen and oxygen atoms in total. The fourth-order valence-electron chi connectivity index (χ4n) is 3.06. The summed E-state index contributed by atoms with van der Waals surface area (Å²) in [5, 5.41) is 16.1. The van der Waals surface area contributed by atoms with Gasteiger partial charge in [-0.05, 0) is 75.5 Å². The Hall–Kier alpha value is -2.43. The molecule has 1 aliphatic carbocycles. The Bertz CT molecular complexity index is 912. The summed E-state index contributed by atoms with van der Waals surface area (Å²) >= 11 is 6.84. The van der Waals surface area contributed by atoms with Crippen molar-refractivity contribution in [2.45, 2.75) is 45.6 Å². The summed E-state index contributed by atoms with van der Waals surface area (Å²) in [6.07, 6.45) is 4.21. The summed E-state index contributed by atoms with van der Waals surface area (Å²) in [5.41, 5.74) is 2.24. The molecule has 0 saturated heterocycles. The summed E-state index contributed by atoms with van der Waals surface area (Å²) in [4.78, 5) is 13.7. The molecule has 1 amide bonds. The number of carbonyl (C=O) groups excluding carboxylic acids is 1. The van der Waals surface area contributed by atoms with Gasteiger partial charge in [0.2, 0.25) is 0 Å². The van der Waals surface area contributed by atoms with Crippen molar-refractivity contribution in [3.8, 4) is 11.8 Å². The number of nitriles is 1. The SMILES string of the molecule is CC(C)Oc1cccc(C(=O)NC(=S)Nc2sc3c(c2C#N)CCCC3)c1. The molecule has 0 radical (unpaired) electrons. The highest BCUT2D eigenvalue weighted by molar-refractivity contribution is 7.80. The van der Waals surface area contributed by atoms with Crippen LogP contribution < -0.4 is 15.4 Å². The maximum Gasteiger partial charge on any atom is 0.257 e. The van der Waals surface area contributed by atoms with Crippen molar-refractivity contribution >= 4 is 39.6 Å². The Morgan fingerprint density at radius 2 is 2.11 bits per heavy atom. The molecule has 0 aliphatic heterocycles. The molecule has 1 heterocycles. The predicted octanol–water partition coefficient (Wildman–Crippen LogP) is 4.41. The maximum atomic E-state index is 12.5. The maximum absolute atomic E-state index is 12.5. The molecule has 0 saturated carbocycles. The van der Waals surface area contributed by atoms with E-state index in [0.717, 1.165) is 31.2 Å². The molecule has 1 aromatic carbocycles. The van der Waals surface area contributed by atoms with E-state index in [1.54, 1.807) is 29.5 Å². The highest BCUT2D eigenvalue weighted by atomic mass is 32.1. The zero-order valence-electron chi connectivity index (χ0n) is 15.3. The third kappa shape index (κ3) is 4.65. The lowest BCUT2D eigenvalue weighted by atomic mass is 9.96. The first-order valence-corrected chi connectivity index (χ1v) is 10.1. The molecule has 0 atom stereocenters. The van der Waals surface area contributed by atoms with Gasteiger partial charge < -0.3 is 10.1 Å². The number of nitrogens with zero attached hydrogens (tertiary/aromatic N) is 1. The van der Waals surface area contributed by atoms with Crippen molar-refractivity contribution in [2.75, 3.05) is 5.32 Å². The van der Waals surface area contributed by atoms with Gasteiger partial charge in [-0.3, -0.25) is 10.1 Å². The van der Waals surface area contributed by atoms with E-state index in [1.807, 2.05) is 19.9 Å². The summed E-state index contributed by atoms with van der Waals surface area (Å²) in [7, 11) is 0.